The van der Waals surface area contributed by atoms with E-state index in [1.165, 1.54) is 30.1 Å². The van der Waals surface area contributed by atoms with Crippen LogP contribution in [-0.2, 0) is 29.3 Å². The predicted octanol–water partition coefficient (Wildman–Crippen LogP) is 4.85. The SMILES string of the molecule is C[C@H](N)c1ccc(S(C)(=O)=O)nc1.C[C@H](NC(=O)[C@H]1C[C@@H]1c1ccccc1)c1ccc(S(C)(=O)=O)nc1.O=C(O)[C@H]1C[C@@H]1c1ccccc1. The van der Waals surface area contributed by atoms with E-state index in [9.17, 15) is 26.4 Å². The van der Waals surface area contributed by atoms with Gasteiger partial charge in [0.1, 0.15) is 0 Å². The Kier molecular flexibility index (Phi) is 12.1. The van der Waals surface area contributed by atoms with Crippen LogP contribution in [0.25, 0.3) is 0 Å². The number of aromatic nitrogens is 2. The molecule has 2 fully saturated rings. The fourth-order valence-corrected chi connectivity index (χ4v) is 6.36. The molecule has 1 amide bonds. The molecule has 4 aromatic rings. The van der Waals surface area contributed by atoms with Crippen LogP contribution < -0.4 is 11.1 Å². The van der Waals surface area contributed by atoms with Gasteiger partial charge >= 0.3 is 5.97 Å². The second kappa shape index (κ2) is 15.8. The molecule has 2 aromatic carbocycles. The first-order chi connectivity index (χ1) is 23.1. The monoisotopic (exact) mass is 706 g/mol. The Labute approximate surface area is 287 Å². The van der Waals surface area contributed by atoms with E-state index < -0.39 is 25.6 Å². The van der Waals surface area contributed by atoms with E-state index in [0.717, 1.165) is 42.0 Å². The highest BCUT2D eigenvalue weighted by Crippen LogP contribution is 2.48. The molecule has 2 heterocycles. The summed E-state index contributed by atoms with van der Waals surface area (Å²) in [6.45, 7) is 3.69. The fraction of sp³-hybridized carbons (Fsp3) is 0.333. The van der Waals surface area contributed by atoms with Gasteiger partial charge in [0.05, 0.1) is 12.0 Å². The first-order valence-electron chi connectivity index (χ1n) is 15.8. The lowest BCUT2D eigenvalue weighted by atomic mass is 10.1. The van der Waals surface area contributed by atoms with Gasteiger partial charge in [0.15, 0.2) is 29.7 Å². The Bertz CT molecular complexity index is 1940. The number of carboxylic acid groups (broad SMARTS) is 1. The van der Waals surface area contributed by atoms with Gasteiger partial charge in [0, 0.05) is 36.9 Å². The van der Waals surface area contributed by atoms with Crippen molar-refractivity contribution in [2.45, 2.75) is 60.7 Å². The van der Waals surface area contributed by atoms with Crippen molar-refractivity contribution in [1.82, 2.24) is 15.3 Å². The summed E-state index contributed by atoms with van der Waals surface area (Å²) >= 11 is 0. The summed E-state index contributed by atoms with van der Waals surface area (Å²) in [4.78, 5) is 30.7. The second-order valence-electron chi connectivity index (χ2n) is 12.5. The summed E-state index contributed by atoms with van der Waals surface area (Å²) in [5, 5.41) is 11.8. The topological polar surface area (TPSA) is 186 Å². The molecule has 2 aliphatic rings. The summed E-state index contributed by atoms with van der Waals surface area (Å²) in [5.74, 6) is -0.189. The van der Waals surface area contributed by atoms with Crippen LogP contribution in [0.3, 0.4) is 0 Å². The van der Waals surface area contributed by atoms with Crippen LogP contribution in [-0.4, -0.2) is 56.3 Å². The van der Waals surface area contributed by atoms with E-state index in [1.807, 2.05) is 62.4 Å². The van der Waals surface area contributed by atoms with Crippen molar-refractivity contribution in [2.75, 3.05) is 12.5 Å². The Morgan fingerprint density at radius 1 is 0.714 bits per heavy atom. The van der Waals surface area contributed by atoms with Crippen molar-refractivity contribution in [3.8, 4) is 0 Å². The number of hydrogen-bond acceptors (Lipinski definition) is 9. The highest BCUT2D eigenvalue weighted by atomic mass is 32.2. The van der Waals surface area contributed by atoms with Crippen molar-refractivity contribution in [2.24, 2.45) is 17.6 Å². The van der Waals surface area contributed by atoms with Gasteiger partial charge in [0.25, 0.3) is 0 Å². The molecular formula is C36H42N4O7S2. The molecule has 260 valence electrons. The zero-order valence-corrected chi connectivity index (χ0v) is 29.4. The molecule has 6 atom stereocenters. The summed E-state index contributed by atoms with van der Waals surface area (Å²) in [5.41, 5.74) is 9.55. The van der Waals surface area contributed by atoms with Gasteiger partial charge in [0.2, 0.25) is 5.91 Å². The molecular weight excluding hydrogens is 665 g/mol. The summed E-state index contributed by atoms with van der Waals surface area (Å²) in [6.07, 6.45) is 6.91. The van der Waals surface area contributed by atoms with Gasteiger partial charge in [-0.1, -0.05) is 72.8 Å². The third kappa shape index (κ3) is 10.8. The first-order valence-corrected chi connectivity index (χ1v) is 19.5. The number of sulfone groups is 2. The van der Waals surface area contributed by atoms with Gasteiger partial charge in [-0.15, -0.1) is 0 Å². The van der Waals surface area contributed by atoms with E-state index in [0.29, 0.717) is 5.92 Å². The molecule has 2 saturated carbocycles. The van der Waals surface area contributed by atoms with Crippen LogP contribution in [0.5, 0.6) is 0 Å². The molecule has 0 bridgehead atoms. The fourth-order valence-electron chi connectivity index (χ4n) is 5.24. The molecule has 2 aromatic heterocycles. The van der Waals surface area contributed by atoms with Crippen LogP contribution >= 0.6 is 0 Å². The molecule has 13 heteroatoms. The standard InChI is InChI=1S/C18H20N2O3S.C10H10O2.C8H12N2O2S/c1-12(14-8-9-17(19-11-14)24(2,22)23)20-18(21)16-10-15(16)13-6-4-3-5-7-13;11-10(12)9-6-8(9)7-4-2-1-3-5-7;1-6(9)7-3-4-8(10-5-7)13(2,11)12/h3-9,11-12,15-16H,10H2,1-2H3,(H,20,21);1-5,8-9H,6H2,(H,11,12);3-6H,9H2,1-2H3/t12-,15+,16-;8-,9+;6-/m010/s1. The van der Waals surface area contributed by atoms with Gasteiger partial charge in [-0.3, -0.25) is 9.59 Å². The molecule has 0 aliphatic heterocycles. The number of carbonyl (C=O) groups excluding carboxylic acids is 1. The maximum absolute atomic E-state index is 12.4. The number of nitrogens with one attached hydrogen (secondary N) is 1. The maximum atomic E-state index is 12.4. The van der Waals surface area contributed by atoms with E-state index in [4.69, 9.17) is 10.8 Å². The second-order valence-corrected chi connectivity index (χ2v) is 16.4. The minimum absolute atomic E-state index is 0.0121. The summed E-state index contributed by atoms with van der Waals surface area (Å²) in [7, 11) is -6.51. The Hall–Kier alpha value is -4.46. The highest BCUT2D eigenvalue weighted by Gasteiger charge is 2.44. The predicted molar refractivity (Wildman–Crippen MR) is 186 cm³/mol. The van der Waals surface area contributed by atoms with Gasteiger partial charge in [-0.05, 0) is 72.9 Å². The normalized spacial score (nSPS) is 20.6. The van der Waals surface area contributed by atoms with Crippen molar-refractivity contribution in [1.29, 1.82) is 0 Å². The minimum Gasteiger partial charge on any atom is -0.481 e. The molecule has 0 radical (unpaired) electrons. The number of nitrogens with two attached hydrogens (primary N) is 1. The average molecular weight is 707 g/mol. The number of hydrogen-bond donors (Lipinski definition) is 3. The van der Waals surface area contributed by atoms with Crippen molar-refractivity contribution >= 4 is 31.6 Å². The van der Waals surface area contributed by atoms with E-state index in [2.05, 4.69) is 27.4 Å². The van der Waals surface area contributed by atoms with Crippen molar-refractivity contribution < 1.29 is 31.5 Å². The third-order valence-electron chi connectivity index (χ3n) is 8.35. The molecule has 49 heavy (non-hydrogen) atoms. The minimum atomic E-state index is -3.31. The van der Waals surface area contributed by atoms with Crippen LogP contribution in [0.4, 0.5) is 0 Å². The largest absolute Gasteiger partial charge is 0.481 e. The number of aliphatic carboxylic acids is 1. The van der Waals surface area contributed by atoms with E-state index >= 15 is 0 Å². The Balaban J connectivity index is 0.000000182. The Morgan fingerprint density at radius 3 is 1.51 bits per heavy atom. The molecule has 0 unspecified atom stereocenters. The third-order valence-corrected chi connectivity index (χ3v) is 10.4. The van der Waals surface area contributed by atoms with Crippen LogP contribution in [0.15, 0.2) is 107 Å². The van der Waals surface area contributed by atoms with E-state index in [1.54, 1.807) is 12.1 Å². The molecule has 0 spiro atoms. The highest BCUT2D eigenvalue weighted by molar-refractivity contribution is 7.90. The number of pyridine rings is 2. The quantitative estimate of drug-likeness (QED) is 0.217. The van der Waals surface area contributed by atoms with E-state index in [-0.39, 0.29) is 45.8 Å². The molecule has 11 nitrogen and oxygen atoms in total. The Morgan fingerprint density at radius 2 is 1.14 bits per heavy atom. The van der Waals surface area contributed by atoms with Gasteiger partial charge < -0.3 is 16.2 Å². The molecule has 4 N–H and O–H groups in total. The number of amides is 1. The van der Waals surface area contributed by atoms with Gasteiger partial charge in [-0.25, -0.2) is 26.8 Å². The zero-order valence-electron chi connectivity index (χ0n) is 27.8. The number of nitrogens with zero attached hydrogens (tertiary/aromatic N) is 2. The number of carbonyl (C=O) groups is 2. The zero-order chi connectivity index (χ0) is 35.9. The molecule has 2 aliphatic carbocycles. The molecule has 0 saturated heterocycles. The van der Waals surface area contributed by atoms with Crippen molar-refractivity contribution in [3.05, 3.63) is 120 Å². The average Bonchev–Trinajstić information content (AvgIpc) is 4.00. The lowest BCUT2D eigenvalue weighted by Crippen LogP contribution is -2.28. The number of carboxylic acids is 1. The van der Waals surface area contributed by atoms with Crippen molar-refractivity contribution in [3.63, 3.8) is 0 Å². The maximum Gasteiger partial charge on any atom is 0.307 e. The molecule has 6 rings (SSSR count). The number of benzene rings is 2. The lowest BCUT2D eigenvalue weighted by molar-refractivity contribution is -0.138. The summed E-state index contributed by atoms with van der Waals surface area (Å²) in [6, 6.07) is 25.8. The van der Waals surface area contributed by atoms with Crippen LogP contribution in [0.1, 0.15) is 72.9 Å². The number of rotatable bonds is 9. The first kappa shape index (κ1) is 37.4. The van der Waals surface area contributed by atoms with Gasteiger partial charge in [-0.2, -0.15) is 0 Å². The van der Waals surface area contributed by atoms with Crippen LogP contribution in [0.2, 0.25) is 0 Å². The smallest absolute Gasteiger partial charge is 0.307 e. The lowest BCUT2D eigenvalue weighted by Gasteiger charge is -2.14. The van der Waals surface area contributed by atoms with Crippen LogP contribution in [0, 0.1) is 11.8 Å². The summed E-state index contributed by atoms with van der Waals surface area (Å²) < 4.78 is 44.9.